The van der Waals surface area contributed by atoms with Crippen molar-refractivity contribution >= 4 is 14.7 Å². The number of carbonyl (C=O) groups excluding carboxylic acids is 1. The Bertz CT molecular complexity index is 72.1. The molecular formula is C4H11NOSi. The Morgan fingerprint density at radius 1 is 1.71 bits per heavy atom. The van der Waals surface area contributed by atoms with Gasteiger partial charge in [-0.25, -0.2) is 0 Å². The minimum atomic E-state index is -0.703. The van der Waals surface area contributed by atoms with E-state index in [1.54, 1.807) is 0 Å². The number of rotatable bonds is 2. The molecule has 2 N–H and O–H groups in total. The van der Waals surface area contributed by atoms with Gasteiger partial charge in [-0.1, -0.05) is 13.1 Å². The molecule has 0 aliphatic rings. The van der Waals surface area contributed by atoms with E-state index in [2.05, 4.69) is 13.1 Å². The van der Waals surface area contributed by atoms with Crippen LogP contribution in [0.2, 0.25) is 19.1 Å². The lowest BCUT2D eigenvalue weighted by atomic mass is 10.8. The third-order valence-corrected chi connectivity index (χ3v) is 1.83. The number of carbonyl (C=O) groups is 1. The van der Waals surface area contributed by atoms with E-state index in [-0.39, 0.29) is 5.91 Å². The smallest absolute Gasteiger partial charge is 0.214 e. The molecule has 0 aliphatic heterocycles. The lowest BCUT2D eigenvalue weighted by Gasteiger charge is -1.93. The molecule has 0 aliphatic carbocycles. The van der Waals surface area contributed by atoms with Crippen molar-refractivity contribution in [3.8, 4) is 0 Å². The standard InChI is InChI=1S/C4H11NOSi/c1-7(2)3-4(5)6/h7H,3H2,1-2H3,(H2,5,6). The van der Waals surface area contributed by atoms with Crippen molar-refractivity contribution in [2.24, 2.45) is 5.73 Å². The number of nitrogens with two attached hydrogens (primary N) is 1. The highest BCUT2D eigenvalue weighted by atomic mass is 28.3. The van der Waals surface area contributed by atoms with Crippen LogP contribution in [-0.2, 0) is 4.79 Å². The van der Waals surface area contributed by atoms with Crippen LogP contribution in [0.3, 0.4) is 0 Å². The van der Waals surface area contributed by atoms with E-state index in [4.69, 9.17) is 5.73 Å². The van der Waals surface area contributed by atoms with Gasteiger partial charge in [-0.15, -0.1) is 0 Å². The zero-order chi connectivity index (χ0) is 5.86. The van der Waals surface area contributed by atoms with Crippen LogP contribution in [0.4, 0.5) is 0 Å². The summed E-state index contributed by atoms with van der Waals surface area (Å²) in [5, 5.41) is 0. The number of hydrogen-bond acceptors (Lipinski definition) is 1. The van der Waals surface area contributed by atoms with Gasteiger partial charge >= 0.3 is 0 Å². The first-order valence-electron chi connectivity index (χ1n) is 2.41. The molecule has 0 saturated heterocycles. The Morgan fingerprint density at radius 3 is 2.14 bits per heavy atom. The van der Waals surface area contributed by atoms with E-state index in [9.17, 15) is 4.79 Å². The summed E-state index contributed by atoms with van der Waals surface area (Å²) in [7, 11) is -0.703. The highest BCUT2D eigenvalue weighted by Crippen LogP contribution is 1.86. The monoisotopic (exact) mass is 117 g/mol. The summed E-state index contributed by atoms with van der Waals surface area (Å²) in [5.74, 6) is -0.151. The van der Waals surface area contributed by atoms with Crippen molar-refractivity contribution in [2.75, 3.05) is 0 Å². The highest BCUT2D eigenvalue weighted by Gasteiger charge is 1.97. The molecule has 0 aromatic rings. The first-order valence-corrected chi connectivity index (χ1v) is 5.54. The summed E-state index contributed by atoms with van der Waals surface area (Å²) in [6.07, 6.45) is 0. The molecule has 42 valence electrons. The van der Waals surface area contributed by atoms with Crippen molar-refractivity contribution < 1.29 is 4.79 Å². The van der Waals surface area contributed by atoms with E-state index in [1.165, 1.54) is 0 Å². The largest absolute Gasteiger partial charge is 0.370 e. The van der Waals surface area contributed by atoms with Crippen LogP contribution >= 0.6 is 0 Å². The van der Waals surface area contributed by atoms with Crippen molar-refractivity contribution in [1.29, 1.82) is 0 Å². The molecule has 1 amide bonds. The summed E-state index contributed by atoms with van der Waals surface area (Å²) in [4.78, 5) is 10.1. The molecule has 0 heterocycles. The average Bonchev–Trinajstić information content (AvgIpc) is 1.27. The predicted octanol–water partition coefficient (Wildman–Crippen LogP) is -0.0416. The zero-order valence-electron chi connectivity index (χ0n) is 4.77. The molecular weight excluding hydrogens is 106 g/mol. The molecule has 0 atom stereocenters. The second-order valence-electron chi connectivity index (χ2n) is 2.06. The average molecular weight is 117 g/mol. The second-order valence-corrected chi connectivity index (χ2v) is 5.26. The third kappa shape index (κ3) is 5.69. The maximum atomic E-state index is 10.1. The maximum absolute atomic E-state index is 10.1. The molecule has 0 fully saturated rings. The van der Waals surface area contributed by atoms with E-state index < -0.39 is 8.80 Å². The van der Waals surface area contributed by atoms with Gasteiger partial charge in [0.05, 0.1) is 0 Å². The zero-order valence-corrected chi connectivity index (χ0v) is 5.92. The van der Waals surface area contributed by atoms with Crippen molar-refractivity contribution in [1.82, 2.24) is 0 Å². The lowest BCUT2D eigenvalue weighted by molar-refractivity contribution is -0.115. The lowest BCUT2D eigenvalue weighted by Crippen LogP contribution is -2.16. The molecule has 0 radical (unpaired) electrons. The summed E-state index contributed by atoms with van der Waals surface area (Å²) >= 11 is 0. The van der Waals surface area contributed by atoms with Crippen LogP contribution < -0.4 is 5.73 Å². The van der Waals surface area contributed by atoms with Crippen LogP contribution in [0.25, 0.3) is 0 Å². The Hall–Kier alpha value is -0.313. The maximum Gasteiger partial charge on any atom is 0.214 e. The van der Waals surface area contributed by atoms with Gasteiger partial charge in [0, 0.05) is 14.8 Å². The molecule has 0 aromatic heterocycles. The predicted molar refractivity (Wildman–Crippen MR) is 32.9 cm³/mol. The number of amides is 1. The first kappa shape index (κ1) is 6.69. The van der Waals surface area contributed by atoms with Crippen LogP contribution in [0, 0.1) is 0 Å². The minimum Gasteiger partial charge on any atom is -0.370 e. The van der Waals surface area contributed by atoms with Gasteiger partial charge in [-0.3, -0.25) is 4.79 Å². The fraction of sp³-hybridized carbons (Fsp3) is 0.750. The fourth-order valence-corrected chi connectivity index (χ4v) is 1.21. The normalized spacial score (nSPS) is 9.57. The Morgan fingerprint density at radius 2 is 2.14 bits per heavy atom. The third-order valence-electron chi connectivity index (χ3n) is 0.609. The summed E-state index contributed by atoms with van der Waals surface area (Å²) in [6.45, 7) is 4.20. The van der Waals surface area contributed by atoms with Gasteiger partial charge in [0.1, 0.15) is 0 Å². The van der Waals surface area contributed by atoms with E-state index in [0.29, 0.717) is 6.04 Å². The van der Waals surface area contributed by atoms with Gasteiger partial charge in [-0.05, 0) is 0 Å². The SMILES string of the molecule is C[SiH](C)CC(N)=O. The van der Waals surface area contributed by atoms with Crippen LogP contribution in [0.5, 0.6) is 0 Å². The summed E-state index contributed by atoms with van der Waals surface area (Å²) in [6, 6.07) is 0.639. The number of primary amides is 1. The van der Waals surface area contributed by atoms with E-state index >= 15 is 0 Å². The van der Waals surface area contributed by atoms with Crippen LogP contribution in [0.15, 0.2) is 0 Å². The fourth-order valence-electron chi connectivity index (χ4n) is 0.402. The van der Waals surface area contributed by atoms with Crippen LogP contribution in [-0.4, -0.2) is 14.7 Å². The molecule has 0 bridgehead atoms. The quantitative estimate of drug-likeness (QED) is 0.507. The Labute approximate surface area is 45.3 Å². The molecule has 0 unspecified atom stereocenters. The molecule has 0 spiro atoms. The Kier molecular flexibility index (Phi) is 2.67. The van der Waals surface area contributed by atoms with E-state index in [1.807, 2.05) is 0 Å². The van der Waals surface area contributed by atoms with E-state index in [0.717, 1.165) is 0 Å². The molecule has 0 rings (SSSR count). The van der Waals surface area contributed by atoms with Gasteiger partial charge in [0.2, 0.25) is 5.91 Å². The van der Waals surface area contributed by atoms with Crippen LogP contribution in [0.1, 0.15) is 0 Å². The van der Waals surface area contributed by atoms with Gasteiger partial charge in [0.15, 0.2) is 0 Å². The number of hydrogen-bond donors (Lipinski definition) is 1. The van der Waals surface area contributed by atoms with Gasteiger partial charge in [-0.2, -0.15) is 0 Å². The van der Waals surface area contributed by atoms with Crippen molar-refractivity contribution in [3.05, 3.63) is 0 Å². The first-order chi connectivity index (χ1) is 3.13. The van der Waals surface area contributed by atoms with Crippen molar-refractivity contribution in [2.45, 2.75) is 19.1 Å². The highest BCUT2D eigenvalue weighted by molar-refractivity contribution is 6.59. The second kappa shape index (κ2) is 2.79. The topological polar surface area (TPSA) is 43.1 Å². The Balaban J connectivity index is 3.13. The molecule has 2 nitrogen and oxygen atoms in total. The molecule has 0 saturated carbocycles. The van der Waals surface area contributed by atoms with Gasteiger partial charge in [0.25, 0.3) is 0 Å². The minimum absolute atomic E-state index is 0.151. The molecule has 3 heteroatoms. The van der Waals surface area contributed by atoms with Gasteiger partial charge < -0.3 is 5.73 Å². The summed E-state index contributed by atoms with van der Waals surface area (Å²) in [5.41, 5.74) is 4.89. The summed E-state index contributed by atoms with van der Waals surface area (Å²) < 4.78 is 0. The van der Waals surface area contributed by atoms with Crippen molar-refractivity contribution in [3.63, 3.8) is 0 Å². The molecule has 7 heavy (non-hydrogen) atoms. The molecule has 0 aromatic carbocycles.